The molecule has 0 radical (unpaired) electrons. The predicted octanol–water partition coefficient (Wildman–Crippen LogP) is 8.35. The second kappa shape index (κ2) is 26.0. The van der Waals surface area contributed by atoms with Crippen LogP contribution in [0.3, 0.4) is 0 Å². The van der Waals surface area contributed by atoms with Crippen molar-refractivity contribution >= 4 is 114 Å². The van der Waals surface area contributed by atoms with Crippen LogP contribution >= 0.6 is 91.3 Å². The fourth-order valence-electron chi connectivity index (χ4n) is 9.67. The molecule has 4 aliphatic rings. The van der Waals surface area contributed by atoms with Gasteiger partial charge in [-0.1, -0.05) is 118 Å². The van der Waals surface area contributed by atoms with Crippen molar-refractivity contribution in [3.8, 4) is 17.2 Å². The van der Waals surface area contributed by atoms with Gasteiger partial charge in [0.2, 0.25) is 0 Å². The summed E-state index contributed by atoms with van der Waals surface area (Å²) < 4.78 is 69.5. The molecule has 3 aliphatic heterocycles. The minimum atomic E-state index is -1.60. The van der Waals surface area contributed by atoms with Gasteiger partial charge in [-0.2, -0.15) is 0 Å². The molecule has 4 aromatic rings. The zero-order valence-corrected chi connectivity index (χ0v) is 50.0. The molecule has 3 saturated heterocycles. The minimum absolute atomic E-state index is 0.0470. The van der Waals surface area contributed by atoms with Crippen molar-refractivity contribution < 1.29 is 77.0 Å². The van der Waals surface area contributed by atoms with Gasteiger partial charge in [0.15, 0.2) is 37.6 Å². The third-order valence-corrected chi connectivity index (χ3v) is 19.7. The van der Waals surface area contributed by atoms with Crippen molar-refractivity contribution in [1.29, 1.82) is 0 Å². The number of esters is 1. The summed E-state index contributed by atoms with van der Waals surface area (Å²) in [6.45, 7) is 6.71. The van der Waals surface area contributed by atoms with E-state index in [0.29, 0.717) is 49.9 Å². The summed E-state index contributed by atoms with van der Waals surface area (Å²) in [5, 5.41) is 36.5. The number of hydrogen-bond donors (Lipinski definition) is 3. The third-order valence-electron chi connectivity index (χ3n) is 13.5. The van der Waals surface area contributed by atoms with E-state index in [0.717, 1.165) is 20.7 Å². The second-order valence-corrected chi connectivity index (χ2v) is 24.6. The highest BCUT2D eigenvalue weighted by Gasteiger charge is 2.58. The standard InChI is InChI=1S/C53H63I3O16S2/c1-26(2)49(60)72-48-27(3)66-52(47(56)53(48,4)61)71-44-41(59)36(24-55)69-51(46(44)74-32-16-12-9-13-17-32)70-43-40(58)35(23-54)68-50(45(43)73-31-14-10-8-11-15-31)67-33-19-18-28-20-29-21-30(63-6)22-34(65-25-62-5)37(29)42(64-7)38(28)39(33)57/h8-17,20-22,26-27,33,35-36,40-41,43-48,50-52,58-59,61H,18-19,23-25H2,1-7H3/t27-,33+,35+,36+,40+,41+,43-,44-,45+,46+,47-,48-,50+,51-,52-,53-/m0/s1. The van der Waals surface area contributed by atoms with E-state index in [9.17, 15) is 24.9 Å². The van der Waals surface area contributed by atoms with Crippen LogP contribution in [0, 0.1) is 5.92 Å². The van der Waals surface area contributed by atoms with Crippen LogP contribution in [-0.4, -0.2) is 158 Å². The number of aliphatic hydroxyl groups excluding tert-OH is 2. The van der Waals surface area contributed by atoms with Crippen LogP contribution in [0.2, 0.25) is 0 Å². The topological polar surface area (TPSA) is 196 Å². The molecule has 0 unspecified atom stereocenters. The van der Waals surface area contributed by atoms with E-state index in [1.165, 1.54) is 37.7 Å². The lowest BCUT2D eigenvalue weighted by Gasteiger charge is -2.51. The van der Waals surface area contributed by atoms with E-state index in [1.54, 1.807) is 40.9 Å². The highest BCUT2D eigenvalue weighted by atomic mass is 127. The summed E-state index contributed by atoms with van der Waals surface area (Å²) in [4.78, 5) is 29.4. The Kier molecular flexibility index (Phi) is 20.5. The van der Waals surface area contributed by atoms with E-state index in [1.807, 2.05) is 72.8 Å². The number of aryl methyl sites for hydroxylation is 1. The fraction of sp³-hybridized carbons (Fsp3) is 0.547. The molecule has 3 fully saturated rings. The Morgan fingerprint density at radius 3 is 1.91 bits per heavy atom. The van der Waals surface area contributed by atoms with Crippen LogP contribution < -0.4 is 14.2 Å². The number of ether oxygens (including phenoxy) is 11. The van der Waals surface area contributed by atoms with Gasteiger partial charge in [-0.25, -0.2) is 0 Å². The van der Waals surface area contributed by atoms with E-state index in [-0.39, 0.29) is 12.6 Å². The average Bonchev–Trinajstić information content (AvgIpc) is 3.40. The number of carbonyl (C=O) groups excluding carboxylic acids is 2. The van der Waals surface area contributed by atoms with Gasteiger partial charge in [-0.3, -0.25) is 9.59 Å². The molecule has 21 heteroatoms. The smallest absolute Gasteiger partial charge is 0.308 e. The average molecular weight is 1400 g/mol. The van der Waals surface area contributed by atoms with Gasteiger partial charge in [-0.05, 0) is 74.0 Å². The zero-order chi connectivity index (χ0) is 53.0. The minimum Gasteiger partial charge on any atom is -0.497 e. The molecule has 0 amide bonds. The van der Waals surface area contributed by atoms with Crippen LogP contribution in [-0.2, 0) is 49.1 Å². The highest BCUT2D eigenvalue weighted by Crippen LogP contribution is 2.47. The van der Waals surface area contributed by atoms with E-state index >= 15 is 0 Å². The van der Waals surface area contributed by atoms with Gasteiger partial charge >= 0.3 is 5.97 Å². The van der Waals surface area contributed by atoms with Gasteiger partial charge in [0, 0.05) is 31.8 Å². The summed E-state index contributed by atoms with van der Waals surface area (Å²) >= 11 is 9.15. The molecule has 0 spiro atoms. The summed E-state index contributed by atoms with van der Waals surface area (Å²) in [5.41, 5.74) is -0.445. The highest BCUT2D eigenvalue weighted by molar-refractivity contribution is 14.1. The van der Waals surface area contributed by atoms with Crippen LogP contribution in [0.25, 0.3) is 10.8 Å². The molecule has 0 saturated carbocycles. The Labute approximate surface area is 481 Å². The van der Waals surface area contributed by atoms with Crippen molar-refractivity contribution in [2.24, 2.45) is 5.92 Å². The van der Waals surface area contributed by atoms with Crippen LogP contribution in [0.4, 0.5) is 0 Å². The first-order valence-corrected chi connectivity index (χ1v) is 30.4. The van der Waals surface area contributed by atoms with E-state index in [4.69, 9.17) is 52.1 Å². The van der Waals surface area contributed by atoms with Crippen molar-refractivity contribution in [3.63, 3.8) is 0 Å². The lowest BCUT2D eigenvalue weighted by Crippen LogP contribution is -2.67. The van der Waals surface area contributed by atoms with Crippen LogP contribution in [0.1, 0.15) is 50.0 Å². The second-order valence-electron chi connectivity index (χ2n) is 19.0. The Morgan fingerprint density at radius 2 is 1.38 bits per heavy atom. The number of benzene rings is 4. The van der Waals surface area contributed by atoms with Gasteiger partial charge in [0.25, 0.3) is 0 Å². The van der Waals surface area contributed by atoms with Gasteiger partial charge in [0.1, 0.15) is 53.4 Å². The first kappa shape index (κ1) is 58.3. The first-order chi connectivity index (χ1) is 35.5. The molecule has 1 aliphatic carbocycles. The SMILES string of the molecule is COCOc1cc(OC)cc2cc3c(c(OC)c12)C(=O)[C@H](O[C@@H]1O[C@H](CI)[C@@H](O)[C@H](O[C@@H]2O[C@H](CI)[C@@H](O)[C@H](O[C@@H]4O[C@@H](C)[C@H](OC(=O)C(C)C)[C@@](C)(O)[C@H]4I)[C@H]2Sc2ccccc2)[C@H]1Sc1ccccc1)CC3. The molecule has 16 nitrogen and oxygen atoms in total. The third kappa shape index (κ3) is 12.6. The van der Waals surface area contributed by atoms with Crippen molar-refractivity contribution in [2.75, 3.05) is 37.0 Å². The molecular formula is C53H63I3O16S2. The lowest BCUT2D eigenvalue weighted by atomic mass is 9.85. The van der Waals surface area contributed by atoms with E-state index < -0.39 is 106 Å². The predicted molar refractivity (Wildman–Crippen MR) is 304 cm³/mol. The summed E-state index contributed by atoms with van der Waals surface area (Å²) in [6.07, 6.45) is -11.4. The number of thioether (sulfide) groups is 2. The number of Topliss-reactive ketones (excluding diaryl/α,β-unsaturated/α-hetero) is 1. The van der Waals surface area contributed by atoms with Crippen molar-refractivity contribution in [3.05, 3.63) is 90.0 Å². The molecule has 3 N–H and O–H groups in total. The summed E-state index contributed by atoms with van der Waals surface area (Å²) in [6, 6.07) is 24.7. The van der Waals surface area contributed by atoms with Gasteiger partial charge in [0.05, 0.1) is 63.8 Å². The number of halogens is 3. The molecule has 4 aromatic carbocycles. The first-order valence-electron chi connectivity index (χ1n) is 24.3. The van der Waals surface area contributed by atoms with E-state index in [2.05, 4.69) is 67.8 Å². The molecule has 74 heavy (non-hydrogen) atoms. The normalized spacial score (nSPS) is 33.3. The quantitative estimate of drug-likeness (QED) is 0.0350. The van der Waals surface area contributed by atoms with Crippen molar-refractivity contribution in [2.45, 2.75) is 144 Å². The number of alkyl halides is 3. The molecule has 16 atom stereocenters. The maximum Gasteiger partial charge on any atom is 0.308 e. The number of hydrogen-bond acceptors (Lipinski definition) is 18. The fourth-order valence-corrected chi connectivity index (χ4v) is 14.3. The number of methoxy groups -OCH3 is 3. The van der Waals surface area contributed by atoms with Gasteiger partial charge in [-0.15, -0.1) is 23.5 Å². The summed E-state index contributed by atoms with van der Waals surface area (Å²) in [7, 11) is 4.62. The number of aliphatic hydroxyl groups is 3. The van der Waals surface area contributed by atoms with Crippen molar-refractivity contribution in [1.82, 2.24) is 0 Å². The number of rotatable bonds is 19. The Hall–Kier alpha value is -1.83. The maximum absolute atomic E-state index is 15.0. The largest absolute Gasteiger partial charge is 0.497 e. The Balaban J connectivity index is 1.14. The number of carbonyl (C=O) groups is 2. The van der Waals surface area contributed by atoms with Gasteiger partial charge < -0.3 is 67.4 Å². The zero-order valence-electron chi connectivity index (χ0n) is 41.9. The Morgan fingerprint density at radius 1 is 0.811 bits per heavy atom. The van der Waals surface area contributed by atoms with Crippen LogP contribution in [0.5, 0.6) is 17.2 Å². The number of ketones is 1. The molecule has 0 aromatic heterocycles. The lowest BCUT2D eigenvalue weighted by molar-refractivity contribution is -0.326. The Bertz CT molecular complexity index is 2530. The monoisotopic (exact) mass is 1400 g/mol. The molecule has 0 bridgehead atoms. The maximum atomic E-state index is 15.0. The molecule has 404 valence electrons. The van der Waals surface area contributed by atoms with Crippen LogP contribution in [0.15, 0.2) is 88.7 Å². The molecular weight excluding hydrogens is 1340 g/mol. The molecule has 3 heterocycles. The number of fused-ring (bicyclic) bond motifs is 2. The molecule has 8 rings (SSSR count). The summed E-state index contributed by atoms with van der Waals surface area (Å²) in [5.74, 6) is 0.131.